The second kappa shape index (κ2) is 6.34. The second-order valence-electron chi connectivity index (χ2n) is 2.37. The lowest BCUT2D eigenvalue weighted by molar-refractivity contribution is 0.200. The van der Waals surface area contributed by atoms with E-state index in [-0.39, 0.29) is 0 Å². The summed E-state index contributed by atoms with van der Waals surface area (Å²) in [5.41, 5.74) is 0. The number of rotatable bonds is 5. The quantitative estimate of drug-likeness (QED) is 0.464. The Kier molecular flexibility index (Phi) is 5.34. The van der Waals surface area contributed by atoms with Gasteiger partial charge in [-0.2, -0.15) is 0 Å². The molecule has 0 fully saturated rings. The van der Waals surface area contributed by atoms with Gasteiger partial charge in [-0.05, 0) is 22.4 Å². The Bertz CT molecular complexity index is 260. The van der Waals surface area contributed by atoms with Crippen molar-refractivity contribution in [2.45, 2.75) is 11.4 Å². The minimum absolute atomic E-state index is 0.805. The van der Waals surface area contributed by atoms with Crippen LogP contribution >= 0.6 is 27.7 Å². The molecule has 1 aromatic heterocycles. The average Bonchev–Trinajstić information content (AvgIpc) is 2.13. The van der Waals surface area contributed by atoms with Gasteiger partial charge in [-0.25, -0.2) is 9.97 Å². The van der Waals surface area contributed by atoms with E-state index >= 15 is 0 Å². The number of nitrogens with zero attached hydrogens (tertiary/aromatic N) is 2. The van der Waals surface area contributed by atoms with E-state index in [1.54, 1.807) is 25.2 Å². The summed E-state index contributed by atoms with van der Waals surface area (Å²) in [6.07, 6.45) is 2.60. The van der Waals surface area contributed by atoms with Crippen LogP contribution in [-0.2, 0) is 4.74 Å². The van der Waals surface area contributed by atoms with Crippen LogP contribution in [0.3, 0.4) is 0 Å². The van der Waals surface area contributed by atoms with Crippen LogP contribution in [0.15, 0.2) is 22.0 Å². The lowest BCUT2D eigenvalue weighted by Crippen LogP contribution is -1.91. The van der Waals surface area contributed by atoms with E-state index in [0.717, 1.165) is 28.4 Å². The van der Waals surface area contributed by atoms with Gasteiger partial charge >= 0.3 is 0 Å². The van der Waals surface area contributed by atoms with Gasteiger partial charge < -0.3 is 4.74 Å². The first-order valence-electron chi connectivity index (χ1n) is 3.92. The standard InChI is InChI=1S/C8H11BrN2OS/c1-12-3-2-4-13-8-5-7(9)10-6-11-8/h5-6H,2-4H2,1H3. The molecule has 0 N–H and O–H groups in total. The molecule has 3 nitrogen and oxygen atoms in total. The molecule has 0 aromatic carbocycles. The smallest absolute Gasteiger partial charge is 0.118 e. The van der Waals surface area contributed by atoms with E-state index in [1.807, 2.05) is 6.07 Å². The lowest BCUT2D eigenvalue weighted by Gasteiger charge is -1.99. The van der Waals surface area contributed by atoms with Crippen molar-refractivity contribution in [3.8, 4) is 0 Å². The summed E-state index contributed by atoms with van der Waals surface area (Å²) in [6.45, 7) is 0.805. The highest BCUT2D eigenvalue weighted by Gasteiger charge is 1.96. The fourth-order valence-corrected chi connectivity index (χ4v) is 2.02. The molecule has 1 heterocycles. The van der Waals surface area contributed by atoms with E-state index in [4.69, 9.17) is 4.74 Å². The average molecular weight is 263 g/mol. The molecule has 1 rings (SSSR count). The first kappa shape index (κ1) is 10.9. The normalized spacial score (nSPS) is 10.3. The zero-order valence-corrected chi connectivity index (χ0v) is 9.77. The van der Waals surface area contributed by atoms with Gasteiger partial charge in [-0.3, -0.25) is 0 Å². The van der Waals surface area contributed by atoms with Gasteiger partial charge in [0.05, 0.1) is 0 Å². The van der Waals surface area contributed by atoms with Crippen LogP contribution in [-0.4, -0.2) is 29.4 Å². The van der Waals surface area contributed by atoms with Crippen LogP contribution in [0.5, 0.6) is 0 Å². The van der Waals surface area contributed by atoms with Crippen molar-refractivity contribution in [1.82, 2.24) is 9.97 Å². The molecule has 0 saturated heterocycles. The Labute approximate surface area is 90.4 Å². The van der Waals surface area contributed by atoms with Gasteiger partial charge in [-0.15, -0.1) is 11.8 Å². The Balaban J connectivity index is 2.28. The SMILES string of the molecule is COCCCSc1cc(Br)ncn1. The van der Waals surface area contributed by atoms with E-state index < -0.39 is 0 Å². The lowest BCUT2D eigenvalue weighted by atomic mass is 10.5. The largest absolute Gasteiger partial charge is 0.385 e. The van der Waals surface area contributed by atoms with Gasteiger partial charge in [0.1, 0.15) is 16.0 Å². The maximum Gasteiger partial charge on any atom is 0.118 e. The number of aromatic nitrogens is 2. The number of hydrogen-bond donors (Lipinski definition) is 0. The summed E-state index contributed by atoms with van der Waals surface area (Å²) in [4.78, 5) is 8.07. The van der Waals surface area contributed by atoms with Crippen molar-refractivity contribution in [3.63, 3.8) is 0 Å². The molecule has 0 atom stereocenters. The first-order chi connectivity index (χ1) is 6.33. The predicted octanol–water partition coefficient (Wildman–Crippen LogP) is 2.37. The maximum atomic E-state index is 4.95. The van der Waals surface area contributed by atoms with Crippen LogP contribution in [0.25, 0.3) is 0 Å². The number of hydrogen-bond acceptors (Lipinski definition) is 4. The predicted molar refractivity (Wildman–Crippen MR) is 56.9 cm³/mol. The molecule has 72 valence electrons. The molecule has 0 amide bonds. The van der Waals surface area contributed by atoms with Crippen LogP contribution in [0.4, 0.5) is 0 Å². The Morgan fingerprint density at radius 3 is 3.08 bits per heavy atom. The molecule has 0 bridgehead atoms. The van der Waals surface area contributed by atoms with Crippen LogP contribution < -0.4 is 0 Å². The summed E-state index contributed by atoms with van der Waals surface area (Å²) in [7, 11) is 1.71. The molecule has 0 aliphatic carbocycles. The molecule has 0 spiro atoms. The topological polar surface area (TPSA) is 35.0 Å². The number of methoxy groups -OCH3 is 1. The minimum atomic E-state index is 0.805. The molecule has 13 heavy (non-hydrogen) atoms. The van der Waals surface area contributed by atoms with Crippen LogP contribution in [0, 0.1) is 0 Å². The number of ether oxygens (including phenoxy) is 1. The van der Waals surface area contributed by atoms with Crippen molar-refractivity contribution in [1.29, 1.82) is 0 Å². The van der Waals surface area contributed by atoms with E-state index in [9.17, 15) is 0 Å². The molecule has 0 aliphatic heterocycles. The zero-order valence-electron chi connectivity index (χ0n) is 7.36. The minimum Gasteiger partial charge on any atom is -0.385 e. The third-order valence-electron chi connectivity index (χ3n) is 1.35. The summed E-state index contributed by atoms with van der Waals surface area (Å²) in [5, 5.41) is 0.998. The molecule has 0 unspecified atom stereocenters. The van der Waals surface area contributed by atoms with Crippen molar-refractivity contribution < 1.29 is 4.74 Å². The van der Waals surface area contributed by atoms with E-state index in [1.165, 1.54) is 0 Å². The molecular formula is C8H11BrN2OS. The Hall–Kier alpha value is -0.130. The first-order valence-corrected chi connectivity index (χ1v) is 5.70. The van der Waals surface area contributed by atoms with Crippen molar-refractivity contribution in [2.24, 2.45) is 0 Å². The molecule has 1 aromatic rings. The number of thioether (sulfide) groups is 1. The summed E-state index contributed by atoms with van der Waals surface area (Å²) >= 11 is 5.01. The van der Waals surface area contributed by atoms with Gasteiger partial charge in [0, 0.05) is 25.5 Å². The molecular weight excluding hydrogens is 252 g/mol. The van der Waals surface area contributed by atoms with Crippen LogP contribution in [0.2, 0.25) is 0 Å². The second-order valence-corrected chi connectivity index (χ2v) is 4.30. The third-order valence-corrected chi connectivity index (χ3v) is 2.80. The molecule has 5 heteroatoms. The van der Waals surface area contributed by atoms with Gasteiger partial charge in [0.2, 0.25) is 0 Å². The third kappa shape index (κ3) is 4.59. The summed E-state index contributed by atoms with van der Waals surface area (Å²) in [6, 6.07) is 1.91. The highest BCUT2D eigenvalue weighted by Crippen LogP contribution is 2.17. The summed E-state index contributed by atoms with van der Waals surface area (Å²) in [5.74, 6) is 1.03. The Morgan fingerprint density at radius 1 is 1.54 bits per heavy atom. The maximum absolute atomic E-state index is 4.95. The van der Waals surface area contributed by atoms with Gasteiger partial charge in [-0.1, -0.05) is 0 Å². The highest BCUT2D eigenvalue weighted by atomic mass is 79.9. The zero-order chi connectivity index (χ0) is 9.52. The Morgan fingerprint density at radius 2 is 2.38 bits per heavy atom. The van der Waals surface area contributed by atoms with Crippen molar-refractivity contribution >= 4 is 27.7 Å². The molecule has 0 radical (unpaired) electrons. The van der Waals surface area contributed by atoms with E-state index in [2.05, 4.69) is 25.9 Å². The summed E-state index contributed by atoms with van der Waals surface area (Å²) < 4.78 is 5.78. The monoisotopic (exact) mass is 262 g/mol. The molecule has 0 aliphatic rings. The fraction of sp³-hybridized carbons (Fsp3) is 0.500. The van der Waals surface area contributed by atoms with Crippen molar-refractivity contribution in [3.05, 3.63) is 17.0 Å². The van der Waals surface area contributed by atoms with Crippen LogP contribution in [0.1, 0.15) is 6.42 Å². The highest BCUT2D eigenvalue weighted by molar-refractivity contribution is 9.10. The number of halogens is 1. The van der Waals surface area contributed by atoms with E-state index in [0.29, 0.717) is 0 Å². The molecule has 0 saturated carbocycles. The van der Waals surface area contributed by atoms with Gasteiger partial charge in [0.15, 0.2) is 0 Å². The van der Waals surface area contributed by atoms with Gasteiger partial charge in [0.25, 0.3) is 0 Å². The van der Waals surface area contributed by atoms with Crippen molar-refractivity contribution in [2.75, 3.05) is 19.5 Å². The fourth-order valence-electron chi connectivity index (χ4n) is 0.776.